The van der Waals surface area contributed by atoms with Gasteiger partial charge in [-0.05, 0) is 43.3 Å². The van der Waals surface area contributed by atoms with Crippen LogP contribution in [0.1, 0.15) is 15.4 Å². The summed E-state index contributed by atoms with van der Waals surface area (Å²) >= 11 is 1.20. The minimum Gasteiger partial charge on any atom is -0.296 e. The molecule has 0 fully saturated rings. The first-order valence-electron chi connectivity index (χ1n) is 7.34. The van der Waals surface area contributed by atoms with Crippen molar-refractivity contribution in [1.29, 1.82) is 0 Å². The zero-order valence-electron chi connectivity index (χ0n) is 13.4. The SMILES string of the molecule is Cc1nnc(NC(=O)c2ccccc2NS(=O)(=O)c2ccc(F)cc2)s1. The van der Waals surface area contributed by atoms with Crippen molar-refractivity contribution in [2.45, 2.75) is 11.8 Å². The van der Waals surface area contributed by atoms with E-state index in [-0.39, 0.29) is 16.1 Å². The second-order valence-electron chi connectivity index (χ2n) is 5.19. The van der Waals surface area contributed by atoms with Crippen molar-refractivity contribution in [3.05, 3.63) is 64.9 Å². The summed E-state index contributed by atoms with van der Waals surface area (Å²) in [6.07, 6.45) is 0. The number of rotatable bonds is 5. The number of amides is 1. The molecule has 1 amide bonds. The highest BCUT2D eigenvalue weighted by Gasteiger charge is 2.19. The molecule has 1 heterocycles. The maximum absolute atomic E-state index is 13.0. The number of aryl methyl sites for hydroxylation is 1. The third kappa shape index (κ3) is 4.03. The van der Waals surface area contributed by atoms with E-state index in [9.17, 15) is 17.6 Å². The van der Waals surface area contributed by atoms with Gasteiger partial charge >= 0.3 is 0 Å². The van der Waals surface area contributed by atoms with Crippen LogP contribution in [0.2, 0.25) is 0 Å². The van der Waals surface area contributed by atoms with Crippen LogP contribution in [0.25, 0.3) is 0 Å². The molecule has 0 spiro atoms. The van der Waals surface area contributed by atoms with Crippen molar-refractivity contribution < 1.29 is 17.6 Å². The van der Waals surface area contributed by atoms with E-state index in [1.807, 2.05) is 0 Å². The monoisotopic (exact) mass is 392 g/mol. The fraction of sp³-hybridized carbons (Fsp3) is 0.0625. The van der Waals surface area contributed by atoms with Crippen LogP contribution in [0.4, 0.5) is 15.2 Å². The summed E-state index contributed by atoms with van der Waals surface area (Å²) in [5.74, 6) is -1.07. The first-order chi connectivity index (χ1) is 12.3. The van der Waals surface area contributed by atoms with Gasteiger partial charge in [-0.3, -0.25) is 14.8 Å². The molecular weight excluding hydrogens is 379 g/mol. The Hall–Kier alpha value is -2.85. The highest BCUT2D eigenvalue weighted by Crippen LogP contribution is 2.22. The Bertz CT molecular complexity index is 1050. The largest absolute Gasteiger partial charge is 0.296 e. The summed E-state index contributed by atoms with van der Waals surface area (Å²) in [7, 11) is -3.98. The van der Waals surface area contributed by atoms with E-state index in [0.29, 0.717) is 10.1 Å². The molecule has 10 heteroatoms. The predicted octanol–water partition coefficient (Wildman–Crippen LogP) is 3.04. The number of halogens is 1. The molecule has 0 aliphatic rings. The molecule has 26 heavy (non-hydrogen) atoms. The smallest absolute Gasteiger partial charge is 0.261 e. The molecule has 0 saturated carbocycles. The Morgan fingerprint density at radius 1 is 1.08 bits per heavy atom. The molecule has 3 aromatic rings. The maximum Gasteiger partial charge on any atom is 0.261 e. The molecule has 1 aromatic heterocycles. The second-order valence-corrected chi connectivity index (χ2v) is 8.05. The van der Waals surface area contributed by atoms with E-state index in [2.05, 4.69) is 20.2 Å². The second kappa shape index (κ2) is 7.18. The molecule has 0 unspecified atom stereocenters. The highest BCUT2D eigenvalue weighted by atomic mass is 32.2. The van der Waals surface area contributed by atoms with Gasteiger partial charge in [-0.25, -0.2) is 12.8 Å². The lowest BCUT2D eigenvalue weighted by atomic mass is 10.2. The van der Waals surface area contributed by atoms with Crippen LogP contribution in [0.15, 0.2) is 53.4 Å². The fourth-order valence-corrected chi connectivity index (χ4v) is 3.77. The number of hydrogen-bond donors (Lipinski definition) is 2. The standard InChI is InChI=1S/C16H13FN4O3S2/c1-10-19-20-16(25-10)18-15(22)13-4-2-3-5-14(13)21-26(23,24)12-8-6-11(17)7-9-12/h2-9,21H,1H3,(H,18,20,22). The highest BCUT2D eigenvalue weighted by molar-refractivity contribution is 7.92. The molecule has 0 aliphatic heterocycles. The van der Waals surface area contributed by atoms with E-state index in [4.69, 9.17) is 0 Å². The Morgan fingerprint density at radius 3 is 2.42 bits per heavy atom. The van der Waals surface area contributed by atoms with Gasteiger partial charge in [-0.1, -0.05) is 23.5 Å². The van der Waals surface area contributed by atoms with Crippen molar-refractivity contribution in [2.24, 2.45) is 0 Å². The van der Waals surface area contributed by atoms with Crippen LogP contribution in [-0.2, 0) is 10.0 Å². The summed E-state index contributed by atoms with van der Waals surface area (Å²) in [4.78, 5) is 12.3. The number of sulfonamides is 1. The molecule has 7 nitrogen and oxygen atoms in total. The Morgan fingerprint density at radius 2 is 1.77 bits per heavy atom. The molecule has 2 aromatic carbocycles. The number of para-hydroxylation sites is 1. The number of anilines is 2. The number of carbonyl (C=O) groups is 1. The number of benzene rings is 2. The molecule has 134 valence electrons. The topological polar surface area (TPSA) is 101 Å². The quantitative estimate of drug-likeness (QED) is 0.695. The van der Waals surface area contributed by atoms with Crippen LogP contribution in [0.5, 0.6) is 0 Å². The van der Waals surface area contributed by atoms with Crippen LogP contribution >= 0.6 is 11.3 Å². The number of aromatic nitrogens is 2. The number of nitrogens with one attached hydrogen (secondary N) is 2. The molecule has 0 radical (unpaired) electrons. The summed E-state index contributed by atoms with van der Waals surface area (Å²) in [5.41, 5.74) is 0.210. The van der Waals surface area contributed by atoms with Gasteiger partial charge < -0.3 is 0 Å². The van der Waals surface area contributed by atoms with Gasteiger partial charge in [-0.2, -0.15) is 0 Å². The van der Waals surface area contributed by atoms with Gasteiger partial charge in [0.1, 0.15) is 10.8 Å². The van der Waals surface area contributed by atoms with Crippen molar-refractivity contribution in [3.63, 3.8) is 0 Å². The number of hydrogen-bond acceptors (Lipinski definition) is 6. The third-order valence-electron chi connectivity index (χ3n) is 3.29. The van der Waals surface area contributed by atoms with Gasteiger partial charge in [0.25, 0.3) is 15.9 Å². The normalized spacial score (nSPS) is 11.2. The summed E-state index contributed by atoms with van der Waals surface area (Å²) in [5, 5.41) is 11.2. The molecule has 0 saturated heterocycles. The lowest BCUT2D eigenvalue weighted by Crippen LogP contribution is -2.18. The zero-order valence-corrected chi connectivity index (χ0v) is 15.1. The third-order valence-corrected chi connectivity index (χ3v) is 5.42. The Labute approximate surface area is 153 Å². The Balaban J connectivity index is 1.87. The molecular formula is C16H13FN4O3S2. The summed E-state index contributed by atoms with van der Waals surface area (Å²) in [6.45, 7) is 1.75. The minimum absolute atomic E-state index is 0.0931. The van der Waals surface area contributed by atoms with E-state index in [1.54, 1.807) is 19.1 Å². The summed E-state index contributed by atoms with van der Waals surface area (Å²) in [6, 6.07) is 10.5. The van der Waals surface area contributed by atoms with Crippen molar-refractivity contribution in [1.82, 2.24) is 10.2 Å². The fourth-order valence-electron chi connectivity index (χ4n) is 2.10. The van der Waals surface area contributed by atoms with E-state index in [0.717, 1.165) is 24.3 Å². The van der Waals surface area contributed by atoms with Gasteiger partial charge in [0.05, 0.1) is 16.1 Å². The molecule has 0 atom stereocenters. The van der Waals surface area contributed by atoms with Crippen LogP contribution in [-0.4, -0.2) is 24.5 Å². The van der Waals surface area contributed by atoms with E-state index >= 15 is 0 Å². The molecule has 2 N–H and O–H groups in total. The van der Waals surface area contributed by atoms with Gasteiger partial charge in [0.2, 0.25) is 5.13 Å². The zero-order chi connectivity index (χ0) is 18.7. The lowest BCUT2D eigenvalue weighted by Gasteiger charge is -2.12. The first-order valence-corrected chi connectivity index (χ1v) is 9.64. The van der Waals surface area contributed by atoms with Gasteiger partial charge in [-0.15, -0.1) is 10.2 Å². The number of nitrogens with zero attached hydrogens (tertiary/aromatic N) is 2. The lowest BCUT2D eigenvalue weighted by molar-refractivity contribution is 0.102. The molecule has 3 rings (SSSR count). The molecule has 0 bridgehead atoms. The Kier molecular flexibility index (Phi) is 4.96. The first kappa shape index (κ1) is 18.0. The van der Waals surface area contributed by atoms with E-state index < -0.39 is 21.7 Å². The van der Waals surface area contributed by atoms with Crippen molar-refractivity contribution >= 4 is 38.1 Å². The van der Waals surface area contributed by atoms with Crippen LogP contribution in [0, 0.1) is 12.7 Å². The van der Waals surface area contributed by atoms with Crippen molar-refractivity contribution in [3.8, 4) is 0 Å². The van der Waals surface area contributed by atoms with Crippen LogP contribution in [0.3, 0.4) is 0 Å². The van der Waals surface area contributed by atoms with Gasteiger partial charge in [0, 0.05) is 0 Å². The van der Waals surface area contributed by atoms with E-state index in [1.165, 1.54) is 23.5 Å². The van der Waals surface area contributed by atoms with Crippen LogP contribution < -0.4 is 10.0 Å². The molecule has 0 aliphatic carbocycles. The number of carbonyl (C=O) groups excluding carboxylic acids is 1. The average Bonchev–Trinajstić information content (AvgIpc) is 3.00. The minimum atomic E-state index is -3.98. The maximum atomic E-state index is 13.0. The average molecular weight is 392 g/mol. The van der Waals surface area contributed by atoms with Gasteiger partial charge in [0.15, 0.2) is 0 Å². The summed E-state index contributed by atoms with van der Waals surface area (Å²) < 4.78 is 40.3. The predicted molar refractivity (Wildman–Crippen MR) is 96.2 cm³/mol. The van der Waals surface area contributed by atoms with Crippen molar-refractivity contribution in [2.75, 3.05) is 10.0 Å².